The van der Waals surface area contributed by atoms with Crippen molar-refractivity contribution in [3.05, 3.63) is 24.2 Å². The summed E-state index contributed by atoms with van der Waals surface area (Å²) >= 11 is 0. The standard InChI is InChI=1S/C19H30N2O3/c1-2-3-4-5-6-7-10-18(22)20-16-11-13-21(14-12-16)19(23)17-9-8-15-24-17/h8-9,15-16H,2-7,10-14H2,1H3,(H,20,22). The molecule has 134 valence electrons. The van der Waals surface area contributed by atoms with Gasteiger partial charge in [0.15, 0.2) is 5.76 Å². The van der Waals surface area contributed by atoms with Gasteiger partial charge in [0.1, 0.15) is 0 Å². The lowest BCUT2D eigenvalue weighted by molar-refractivity contribution is -0.122. The Kier molecular flexibility index (Phi) is 7.86. The van der Waals surface area contributed by atoms with Crippen molar-refractivity contribution < 1.29 is 14.0 Å². The van der Waals surface area contributed by atoms with Crippen LogP contribution in [0.25, 0.3) is 0 Å². The molecule has 1 aromatic heterocycles. The van der Waals surface area contributed by atoms with E-state index in [1.807, 2.05) is 0 Å². The van der Waals surface area contributed by atoms with E-state index < -0.39 is 0 Å². The molecule has 2 amide bonds. The van der Waals surface area contributed by atoms with E-state index in [9.17, 15) is 9.59 Å². The van der Waals surface area contributed by atoms with Crippen LogP contribution in [-0.4, -0.2) is 35.8 Å². The number of nitrogens with one attached hydrogen (secondary N) is 1. The number of furan rings is 1. The number of nitrogens with zero attached hydrogens (tertiary/aromatic N) is 1. The highest BCUT2D eigenvalue weighted by Gasteiger charge is 2.25. The summed E-state index contributed by atoms with van der Waals surface area (Å²) in [6, 6.07) is 3.61. The van der Waals surface area contributed by atoms with Crippen LogP contribution in [0, 0.1) is 0 Å². The summed E-state index contributed by atoms with van der Waals surface area (Å²) in [6.45, 7) is 3.55. The van der Waals surface area contributed by atoms with Crippen molar-refractivity contribution in [2.24, 2.45) is 0 Å². The third-order valence-electron chi connectivity index (χ3n) is 4.64. The number of amides is 2. The third-order valence-corrected chi connectivity index (χ3v) is 4.64. The first-order valence-electron chi connectivity index (χ1n) is 9.33. The monoisotopic (exact) mass is 334 g/mol. The first kappa shape index (κ1) is 18.6. The number of likely N-dealkylation sites (tertiary alicyclic amines) is 1. The van der Waals surface area contributed by atoms with Crippen LogP contribution in [0.15, 0.2) is 22.8 Å². The Balaban J connectivity index is 1.59. The van der Waals surface area contributed by atoms with Gasteiger partial charge in [-0.15, -0.1) is 0 Å². The van der Waals surface area contributed by atoms with E-state index in [1.165, 1.54) is 31.9 Å². The van der Waals surface area contributed by atoms with Gasteiger partial charge < -0.3 is 14.6 Å². The van der Waals surface area contributed by atoms with Gasteiger partial charge in [-0.25, -0.2) is 0 Å². The third kappa shape index (κ3) is 6.02. The zero-order valence-corrected chi connectivity index (χ0v) is 14.8. The van der Waals surface area contributed by atoms with Crippen LogP contribution < -0.4 is 5.32 Å². The molecule has 1 saturated heterocycles. The highest BCUT2D eigenvalue weighted by molar-refractivity contribution is 5.91. The predicted octanol–water partition coefficient (Wildman–Crippen LogP) is 3.75. The van der Waals surface area contributed by atoms with Gasteiger partial charge in [-0.05, 0) is 31.4 Å². The van der Waals surface area contributed by atoms with Gasteiger partial charge in [-0.2, -0.15) is 0 Å². The SMILES string of the molecule is CCCCCCCCC(=O)NC1CCN(C(=O)c2ccco2)CC1. The molecule has 5 heteroatoms. The Morgan fingerprint density at radius 3 is 2.54 bits per heavy atom. The fraction of sp³-hybridized carbons (Fsp3) is 0.684. The number of unbranched alkanes of at least 4 members (excludes halogenated alkanes) is 5. The highest BCUT2D eigenvalue weighted by atomic mass is 16.3. The van der Waals surface area contributed by atoms with E-state index in [0.29, 0.717) is 25.3 Å². The molecule has 1 aliphatic heterocycles. The van der Waals surface area contributed by atoms with Crippen molar-refractivity contribution in [3.8, 4) is 0 Å². The van der Waals surface area contributed by atoms with Gasteiger partial charge in [0.2, 0.25) is 5.91 Å². The lowest BCUT2D eigenvalue weighted by Crippen LogP contribution is -2.46. The molecule has 1 aliphatic rings. The quantitative estimate of drug-likeness (QED) is 0.700. The second-order valence-corrected chi connectivity index (χ2v) is 6.63. The molecular formula is C19H30N2O3. The second kappa shape index (κ2) is 10.2. The Morgan fingerprint density at radius 2 is 1.88 bits per heavy atom. The van der Waals surface area contributed by atoms with Crippen molar-refractivity contribution in [1.82, 2.24) is 10.2 Å². The van der Waals surface area contributed by atoms with Gasteiger partial charge in [0.05, 0.1) is 6.26 Å². The number of hydrogen-bond acceptors (Lipinski definition) is 3. The second-order valence-electron chi connectivity index (χ2n) is 6.63. The van der Waals surface area contributed by atoms with Crippen molar-refractivity contribution >= 4 is 11.8 Å². The number of rotatable bonds is 9. The van der Waals surface area contributed by atoms with Crippen LogP contribution in [0.2, 0.25) is 0 Å². The molecule has 0 saturated carbocycles. The van der Waals surface area contributed by atoms with E-state index in [-0.39, 0.29) is 17.9 Å². The fourth-order valence-corrected chi connectivity index (χ4v) is 3.15. The van der Waals surface area contributed by atoms with E-state index >= 15 is 0 Å². The highest BCUT2D eigenvalue weighted by Crippen LogP contribution is 2.15. The molecule has 24 heavy (non-hydrogen) atoms. The van der Waals surface area contributed by atoms with Crippen molar-refractivity contribution in [3.63, 3.8) is 0 Å². The normalized spacial score (nSPS) is 15.5. The molecule has 1 aromatic rings. The van der Waals surface area contributed by atoms with Gasteiger partial charge in [-0.3, -0.25) is 9.59 Å². The average molecular weight is 334 g/mol. The number of hydrogen-bond donors (Lipinski definition) is 1. The van der Waals surface area contributed by atoms with Gasteiger partial charge in [-0.1, -0.05) is 39.0 Å². The first-order valence-corrected chi connectivity index (χ1v) is 9.33. The van der Waals surface area contributed by atoms with Crippen molar-refractivity contribution in [2.75, 3.05) is 13.1 Å². The summed E-state index contributed by atoms with van der Waals surface area (Å²) in [4.78, 5) is 26.0. The largest absolute Gasteiger partial charge is 0.459 e. The van der Waals surface area contributed by atoms with Crippen LogP contribution in [-0.2, 0) is 4.79 Å². The first-order chi connectivity index (χ1) is 11.7. The smallest absolute Gasteiger partial charge is 0.289 e. The van der Waals surface area contributed by atoms with E-state index in [2.05, 4.69) is 12.2 Å². The van der Waals surface area contributed by atoms with Gasteiger partial charge in [0, 0.05) is 25.6 Å². The van der Waals surface area contributed by atoms with Crippen LogP contribution in [0.5, 0.6) is 0 Å². The van der Waals surface area contributed by atoms with Crippen LogP contribution in [0.4, 0.5) is 0 Å². The number of carbonyl (C=O) groups is 2. The molecule has 0 radical (unpaired) electrons. The minimum absolute atomic E-state index is 0.0585. The summed E-state index contributed by atoms with van der Waals surface area (Å²) in [6.07, 6.45) is 10.9. The van der Waals surface area contributed by atoms with E-state index in [4.69, 9.17) is 4.42 Å². The van der Waals surface area contributed by atoms with E-state index in [0.717, 1.165) is 25.7 Å². The van der Waals surface area contributed by atoms with Crippen LogP contribution >= 0.6 is 0 Å². The Hall–Kier alpha value is -1.78. The summed E-state index contributed by atoms with van der Waals surface area (Å²) < 4.78 is 5.16. The maximum absolute atomic E-state index is 12.2. The molecule has 1 fully saturated rings. The van der Waals surface area contributed by atoms with Crippen molar-refractivity contribution in [1.29, 1.82) is 0 Å². The summed E-state index contributed by atoms with van der Waals surface area (Å²) in [5, 5.41) is 3.11. The van der Waals surface area contributed by atoms with E-state index in [1.54, 1.807) is 17.0 Å². The minimum atomic E-state index is -0.0585. The van der Waals surface area contributed by atoms with Crippen molar-refractivity contribution in [2.45, 2.75) is 70.8 Å². The molecule has 2 heterocycles. The Morgan fingerprint density at radius 1 is 1.17 bits per heavy atom. The summed E-state index contributed by atoms with van der Waals surface area (Å²) in [7, 11) is 0. The summed E-state index contributed by atoms with van der Waals surface area (Å²) in [5.74, 6) is 0.485. The number of piperidine rings is 1. The molecular weight excluding hydrogens is 304 g/mol. The van der Waals surface area contributed by atoms with Gasteiger partial charge >= 0.3 is 0 Å². The topological polar surface area (TPSA) is 62.6 Å². The lowest BCUT2D eigenvalue weighted by Gasteiger charge is -2.31. The zero-order valence-electron chi connectivity index (χ0n) is 14.8. The molecule has 0 aromatic carbocycles. The number of carbonyl (C=O) groups excluding carboxylic acids is 2. The molecule has 2 rings (SSSR count). The molecule has 0 unspecified atom stereocenters. The average Bonchev–Trinajstić information content (AvgIpc) is 3.12. The molecule has 0 bridgehead atoms. The zero-order chi connectivity index (χ0) is 17.2. The fourth-order valence-electron chi connectivity index (χ4n) is 3.15. The van der Waals surface area contributed by atoms with Crippen LogP contribution in [0.1, 0.15) is 75.3 Å². The van der Waals surface area contributed by atoms with Crippen LogP contribution in [0.3, 0.4) is 0 Å². The predicted molar refractivity (Wildman–Crippen MR) is 93.8 cm³/mol. The molecule has 5 nitrogen and oxygen atoms in total. The minimum Gasteiger partial charge on any atom is -0.459 e. The molecule has 1 N–H and O–H groups in total. The van der Waals surface area contributed by atoms with Gasteiger partial charge in [0.25, 0.3) is 5.91 Å². The lowest BCUT2D eigenvalue weighted by atomic mass is 10.0. The maximum Gasteiger partial charge on any atom is 0.289 e. The Bertz CT molecular complexity index is 491. The summed E-state index contributed by atoms with van der Waals surface area (Å²) in [5.41, 5.74) is 0. The molecule has 0 aliphatic carbocycles. The molecule has 0 spiro atoms. The Labute approximate surface area is 144 Å². The molecule has 0 atom stereocenters. The maximum atomic E-state index is 12.2.